The predicted molar refractivity (Wildman–Crippen MR) is 66.4 cm³/mol. The molecule has 1 unspecified atom stereocenters. The average molecular weight is 255 g/mol. The van der Waals surface area contributed by atoms with E-state index in [1.807, 2.05) is 18.2 Å². The van der Waals surface area contributed by atoms with E-state index in [4.69, 9.17) is 14.7 Å². The molecule has 0 amide bonds. The third-order valence-corrected chi connectivity index (χ3v) is 2.99. The van der Waals surface area contributed by atoms with Gasteiger partial charge in [-0.3, -0.25) is 0 Å². The number of hydrogen-bond donors (Lipinski definition) is 0. The molecule has 0 saturated carbocycles. The van der Waals surface area contributed by atoms with Crippen molar-refractivity contribution in [3.63, 3.8) is 0 Å². The lowest BCUT2D eigenvalue weighted by molar-refractivity contribution is 0.0886. The standard InChI is InChI=1S/C15H10FNO2/c16-12-7-10(8-17)5-6-11(12)15-9-18-13-3-1-2-4-14(13)19-15/h1-7,15H,9H2. The largest absolute Gasteiger partial charge is 0.485 e. The molecule has 94 valence electrons. The summed E-state index contributed by atoms with van der Waals surface area (Å²) in [6, 6.07) is 13.5. The van der Waals surface area contributed by atoms with E-state index in [0.29, 0.717) is 22.6 Å². The highest BCUT2D eigenvalue weighted by atomic mass is 19.1. The summed E-state index contributed by atoms with van der Waals surface area (Å²) in [4.78, 5) is 0. The van der Waals surface area contributed by atoms with Gasteiger partial charge in [0.25, 0.3) is 0 Å². The fourth-order valence-corrected chi connectivity index (χ4v) is 2.03. The molecule has 0 N–H and O–H groups in total. The molecule has 4 heteroatoms. The summed E-state index contributed by atoms with van der Waals surface area (Å²) in [5, 5.41) is 8.72. The minimum atomic E-state index is -0.498. The third-order valence-electron chi connectivity index (χ3n) is 2.99. The lowest BCUT2D eigenvalue weighted by atomic mass is 10.1. The minimum absolute atomic E-state index is 0.250. The maximum atomic E-state index is 13.9. The van der Waals surface area contributed by atoms with E-state index in [9.17, 15) is 4.39 Å². The van der Waals surface area contributed by atoms with Crippen LogP contribution in [0.1, 0.15) is 17.2 Å². The SMILES string of the molecule is N#Cc1ccc(C2COc3ccccc3O2)c(F)c1. The van der Waals surface area contributed by atoms with Crippen LogP contribution < -0.4 is 9.47 Å². The second-order valence-electron chi connectivity index (χ2n) is 4.21. The summed E-state index contributed by atoms with van der Waals surface area (Å²) in [6.45, 7) is 0.250. The predicted octanol–water partition coefficient (Wildman–Crippen LogP) is 3.21. The van der Waals surface area contributed by atoms with Crippen molar-refractivity contribution in [2.24, 2.45) is 0 Å². The second-order valence-corrected chi connectivity index (χ2v) is 4.21. The van der Waals surface area contributed by atoms with Gasteiger partial charge in [0.15, 0.2) is 17.6 Å². The van der Waals surface area contributed by atoms with E-state index in [2.05, 4.69) is 0 Å². The Balaban J connectivity index is 1.91. The van der Waals surface area contributed by atoms with Gasteiger partial charge in [-0.15, -0.1) is 0 Å². The second kappa shape index (κ2) is 4.62. The Morgan fingerprint density at radius 2 is 1.95 bits per heavy atom. The minimum Gasteiger partial charge on any atom is -0.485 e. The van der Waals surface area contributed by atoms with Gasteiger partial charge in [0.2, 0.25) is 0 Å². The number of nitriles is 1. The first-order valence-corrected chi connectivity index (χ1v) is 5.86. The maximum absolute atomic E-state index is 13.9. The van der Waals surface area contributed by atoms with Gasteiger partial charge in [0.05, 0.1) is 11.6 Å². The van der Waals surface area contributed by atoms with Crippen LogP contribution in [0.4, 0.5) is 4.39 Å². The first-order valence-electron chi connectivity index (χ1n) is 5.86. The Hall–Kier alpha value is -2.54. The summed E-state index contributed by atoms with van der Waals surface area (Å²) in [6.07, 6.45) is -0.498. The van der Waals surface area contributed by atoms with E-state index in [0.717, 1.165) is 0 Å². The number of halogens is 1. The van der Waals surface area contributed by atoms with Crippen LogP contribution >= 0.6 is 0 Å². The van der Waals surface area contributed by atoms with Gasteiger partial charge >= 0.3 is 0 Å². The van der Waals surface area contributed by atoms with Crippen LogP contribution in [0.15, 0.2) is 42.5 Å². The van der Waals surface area contributed by atoms with Crippen molar-refractivity contribution < 1.29 is 13.9 Å². The normalized spacial score (nSPS) is 16.7. The highest BCUT2D eigenvalue weighted by Crippen LogP contribution is 2.36. The van der Waals surface area contributed by atoms with E-state index in [1.165, 1.54) is 6.07 Å². The Morgan fingerprint density at radius 3 is 2.68 bits per heavy atom. The van der Waals surface area contributed by atoms with Gasteiger partial charge in [0.1, 0.15) is 12.4 Å². The number of hydrogen-bond acceptors (Lipinski definition) is 3. The Kier molecular flexibility index (Phi) is 2.81. The van der Waals surface area contributed by atoms with Crippen molar-refractivity contribution in [3.05, 3.63) is 59.4 Å². The monoisotopic (exact) mass is 255 g/mol. The molecule has 3 rings (SSSR count). The van der Waals surface area contributed by atoms with Crippen LogP contribution in [-0.4, -0.2) is 6.61 Å². The molecule has 0 bridgehead atoms. The zero-order valence-electron chi connectivity index (χ0n) is 9.97. The molecule has 0 aliphatic carbocycles. The molecular formula is C15H10FNO2. The van der Waals surface area contributed by atoms with Crippen molar-refractivity contribution in [3.8, 4) is 17.6 Å². The Labute approximate surface area is 109 Å². The lowest BCUT2D eigenvalue weighted by Crippen LogP contribution is -2.22. The molecule has 3 nitrogen and oxygen atoms in total. The van der Waals surface area contributed by atoms with Gasteiger partial charge in [-0.05, 0) is 24.3 Å². The summed E-state index contributed by atoms with van der Waals surface area (Å²) < 4.78 is 25.2. The fraction of sp³-hybridized carbons (Fsp3) is 0.133. The summed E-state index contributed by atoms with van der Waals surface area (Å²) in [5.41, 5.74) is 0.687. The van der Waals surface area contributed by atoms with Crippen LogP contribution in [0.25, 0.3) is 0 Å². The zero-order chi connectivity index (χ0) is 13.2. The van der Waals surface area contributed by atoms with Crippen molar-refractivity contribution in [2.75, 3.05) is 6.61 Å². The molecule has 0 saturated heterocycles. The zero-order valence-corrected chi connectivity index (χ0v) is 9.97. The highest BCUT2D eigenvalue weighted by molar-refractivity contribution is 5.42. The molecule has 0 radical (unpaired) electrons. The van der Waals surface area contributed by atoms with Crippen molar-refractivity contribution >= 4 is 0 Å². The summed E-state index contributed by atoms with van der Waals surface area (Å²) >= 11 is 0. The number of fused-ring (bicyclic) bond motifs is 1. The van der Waals surface area contributed by atoms with Crippen molar-refractivity contribution in [2.45, 2.75) is 6.10 Å². The first-order chi connectivity index (χ1) is 9.28. The lowest BCUT2D eigenvalue weighted by Gasteiger charge is -2.26. The number of para-hydroxylation sites is 2. The molecule has 1 aliphatic rings. The molecule has 1 atom stereocenters. The Bertz CT molecular complexity index is 663. The third kappa shape index (κ3) is 2.11. The number of nitrogens with zero attached hydrogens (tertiary/aromatic N) is 1. The number of ether oxygens (including phenoxy) is 2. The Morgan fingerprint density at radius 1 is 1.16 bits per heavy atom. The van der Waals surface area contributed by atoms with E-state index < -0.39 is 11.9 Å². The molecule has 19 heavy (non-hydrogen) atoms. The first kappa shape index (κ1) is 11.5. The van der Waals surface area contributed by atoms with Gasteiger partial charge in [-0.1, -0.05) is 18.2 Å². The highest BCUT2D eigenvalue weighted by Gasteiger charge is 2.24. The van der Waals surface area contributed by atoms with Crippen LogP contribution in [0.5, 0.6) is 11.5 Å². The molecule has 1 heterocycles. The molecule has 2 aromatic carbocycles. The van der Waals surface area contributed by atoms with Gasteiger partial charge in [-0.25, -0.2) is 4.39 Å². The van der Waals surface area contributed by atoms with Gasteiger partial charge < -0.3 is 9.47 Å². The summed E-state index contributed by atoms with van der Waals surface area (Å²) in [7, 11) is 0. The topological polar surface area (TPSA) is 42.2 Å². The smallest absolute Gasteiger partial charge is 0.162 e. The van der Waals surface area contributed by atoms with E-state index in [1.54, 1.807) is 24.3 Å². The van der Waals surface area contributed by atoms with Crippen LogP contribution in [-0.2, 0) is 0 Å². The maximum Gasteiger partial charge on any atom is 0.162 e. The molecular weight excluding hydrogens is 245 g/mol. The van der Waals surface area contributed by atoms with Gasteiger partial charge in [0, 0.05) is 5.56 Å². The molecule has 0 spiro atoms. The van der Waals surface area contributed by atoms with Crippen molar-refractivity contribution in [1.82, 2.24) is 0 Å². The van der Waals surface area contributed by atoms with Crippen LogP contribution in [0.3, 0.4) is 0 Å². The summed E-state index contributed by atoms with van der Waals surface area (Å²) in [5.74, 6) is 0.808. The molecule has 1 aliphatic heterocycles. The van der Waals surface area contributed by atoms with Crippen molar-refractivity contribution in [1.29, 1.82) is 5.26 Å². The van der Waals surface area contributed by atoms with E-state index in [-0.39, 0.29) is 6.61 Å². The quantitative estimate of drug-likeness (QED) is 0.785. The van der Waals surface area contributed by atoms with Crippen LogP contribution in [0.2, 0.25) is 0 Å². The molecule has 0 fully saturated rings. The number of benzene rings is 2. The van der Waals surface area contributed by atoms with Gasteiger partial charge in [-0.2, -0.15) is 5.26 Å². The fourth-order valence-electron chi connectivity index (χ4n) is 2.03. The van der Waals surface area contributed by atoms with Crippen LogP contribution in [0, 0.1) is 17.1 Å². The molecule has 0 aromatic heterocycles. The number of rotatable bonds is 1. The average Bonchev–Trinajstić information content (AvgIpc) is 2.46. The molecule has 2 aromatic rings. The van der Waals surface area contributed by atoms with E-state index >= 15 is 0 Å².